The number of halogens is 1. The number of rotatable bonds is 3. The lowest BCUT2D eigenvalue weighted by molar-refractivity contribution is 0.194. The van der Waals surface area contributed by atoms with Crippen LogP contribution in [0, 0.1) is 6.92 Å². The third-order valence-corrected chi connectivity index (χ3v) is 8.77. The minimum Gasteiger partial charge on any atom is -0.495 e. The molecule has 0 spiro atoms. The molecule has 4 aromatic rings. The smallest absolute Gasteiger partial charge is 0.323 e. The summed E-state index contributed by atoms with van der Waals surface area (Å²) < 4.78 is 7.82. The molecule has 0 radical (unpaired) electrons. The monoisotopic (exact) mass is 532 g/mol. The summed E-state index contributed by atoms with van der Waals surface area (Å²) in [6.07, 6.45) is 3.10. The first-order chi connectivity index (χ1) is 17.9. The zero-order valence-corrected chi connectivity index (χ0v) is 22.7. The van der Waals surface area contributed by atoms with E-state index >= 15 is 0 Å². The third-order valence-electron chi connectivity index (χ3n) is 7.28. The summed E-state index contributed by atoms with van der Waals surface area (Å²) in [6.45, 7) is 4.46. The maximum atomic E-state index is 14.2. The van der Waals surface area contributed by atoms with E-state index in [4.69, 9.17) is 16.3 Å². The first kappa shape index (κ1) is 24.1. The van der Waals surface area contributed by atoms with Crippen LogP contribution in [-0.2, 0) is 19.5 Å². The van der Waals surface area contributed by atoms with Crippen LogP contribution in [-0.4, -0.2) is 41.1 Å². The molecule has 2 aliphatic rings. The number of aryl methyl sites for hydroxylation is 1. The molecule has 0 bridgehead atoms. The van der Waals surface area contributed by atoms with Gasteiger partial charge in [-0.25, -0.2) is 4.79 Å². The number of anilines is 1. The molecule has 2 aromatic carbocycles. The molecule has 6 rings (SSSR count). The topological polar surface area (TPSA) is 49.7 Å². The van der Waals surface area contributed by atoms with Crippen molar-refractivity contribution in [1.82, 2.24) is 14.4 Å². The molecule has 4 heterocycles. The van der Waals surface area contributed by atoms with Crippen LogP contribution in [0.3, 0.4) is 0 Å². The lowest BCUT2D eigenvalue weighted by atomic mass is 10.0. The number of nitrogens with one attached hydrogen (secondary N) is 1. The molecule has 1 N–H and O–H groups in total. The number of thiophene rings is 1. The van der Waals surface area contributed by atoms with Crippen LogP contribution in [0.15, 0.2) is 60.8 Å². The van der Waals surface area contributed by atoms with Gasteiger partial charge in [0.2, 0.25) is 0 Å². The number of carbonyl (C=O) groups is 1. The number of carbonyl (C=O) groups excluding carboxylic acids is 1. The van der Waals surface area contributed by atoms with Gasteiger partial charge in [-0.1, -0.05) is 29.8 Å². The van der Waals surface area contributed by atoms with Gasteiger partial charge in [0.1, 0.15) is 10.8 Å². The summed E-state index contributed by atoms with van der Waals surface area (Å²) in [6, 6.07) is 17.3. The molecule has 0 saturated heterocycles. The van der Waals surface area contributed by atoms with E-state index in [-0.39, 0.29) is 12.1 Å². The highest BCUT2D eigenvalue weighted by atomic mass is 35.5. The molecule has 2 aromatic heterocycles. The van der Waals surface area contributed by atoms with Gasteiger partial charge in [-0.05, 0) is 73.5 Å². The van der Waals surface area contributed by atoms with Crippen molar-refractivity contribution in [2.75, 3.05) is 26.0 Å². The van der Waals surface area contributed by atoms with Crippen LogP contribution in [0.1, 0.15) is 38.9 Å². The minimum atomic E-state index is -0.314. The second-order valence-corrected chi connectivity index (χ2v) is 11.3. The SMILES string of the molecule is COc1ccc(C)cc1NC(=O)N1Cc2c(sc3c2CCN(C)C3)-n2cccc2C1c1cccc(Cl)c1. The predicted molar refractivity (Wildman–Crippen MR) is 149 cm³/mol. The van der Waals surface area contributed by atoms with Gasteiger partial charge in [0.25, 0.3) is 0 Å². The highest BCUT2D eigenvalue weighted by Crippen LogP contribution is 2.44. The van der Waals surface area contributed by atoms with E-state index in [1.807, 2.05) is 65.6 Å². The predicted octanol–water partition coefficient (Wildman–Crippen LogP) is 6.63. The number of urea groups is 1. The van der Waals surface area contributed by atoms with Gasteiger partial charge in [0.15, 0.2) is 0 Å². The lowest BCUT2D eigenvalue weighted by Crippen LogP contribution is -2.38. The number of ether oxygens (including phenoxy) is 1. The summed E-state index contributed by atoms with van der Waals surface area (Å²) >= 11 is 8.30. The van der Waals surface area contributed by atoms with Crippen molar-refractivity contribution in [3.63, 3.8) is 0 Å². The largest absolute Gasteiger partial charge is 0.495 e. The Morgan fingerprint density at radius 2 is 1.97 bits per heavy atom. The number of amides is 2. The van der Waals surface area contributed by atoms with E-state index in [9.17, 15) is 4.79 Å². The van der Waals surface area contributed by atoms with E-state index in [0.717, 1.165) is 36.3 Å². The van der Waals surface area contributed by atoms with Gasteiger partial charge in [-0.3, -0.25) is 0 Å². The molecule has 0 fully saturated rings. The molecule has 190 valence electrons. The molecular weight excluding hydrogens is 504 g/mol. The first-order valence-corrected chi connectivity index (χ1v) is 13.6. The summed E-state index contributed by atoms with van der Waals surface area (Å²) in [4.78, 5) is 19.9. The van der Waals surface area contributed by atoms with Crippen molar-refractivity contribution < 1.29 is 9.53 Å². The van der Waals surface area contributed by atoms with Crippen molar-refractivity contribution in [2.45, 2.75) is 32.5 Å². The van der Waals surface area contributed by atoms with Crippen LogP contribution in [0.4, 0.5) is 10.5 Å². The van der Waals surface area contributed by atoms with Crippen molar-refractivity contribution in [2.24, 2.45) is 0 Å². The van der Waals surface area contributed by atoms with E-state index in [1.54, 1.807) is 7.11 Å². The van der Waals surface area contributed by atoms with Crippen LogP contribution in [0.25, 0.3) is 5.00 Å². The van der Waals surface area contributed by atoms with Crippen LogP contribution in [0.2, 0.25) is 5.02 Å². The normalized spacial score (nSPS) is 17.0. The third kappa shape index (κ3) is 4.31. The molecule has 37 heavy (non-hydrogen) atoms. The number of fused-ring (bicyclic) bond motifs is 5. The highest BCUT2D eigenvalue weighted by molar-refractivity contribution is 7.15. The fraction of sp³-hybridized carbons (Fsp3) is 0.276. The number of hydrogen-bond acceptors (Lipinski definition) is 4. The Balaban J connectivity index is 1.50. The van der Waals surface area contributed by atoms with Gasteiger partial charge < -0.3 is 24.4 Å². The first-order valence-electron chi connectivity index (χ1n) is 12.4. The molecule has 2 aliphatic heterocycles. The summed E-state index contributed by atoms with van der Waals surface area (Å²) in [5, 5.41) is 5.02. The minimum absolute atomic E-state index is 0.178. The van der Waals surface area contributed by atoms with Crippen LogP contribution in [0.5, 0.6) is 5.75 Å². The van der Waals surface area contributed by atoms with Crippen molar-refractivity contribution in [1.29, 1.82) is 0 Å². The Bertz CT molecular complexity index is 1490. The van der Waals surface area contributed by atoms with E-state index in [0.29, 0.717) is 23.0 Å². The quantitative estimate of drug-likeness (QED) is 0.322. The van der Waals surface area contributed by atoms with Crippen molar-refractivity contribution >= 4 is 34.7 Å². The highest BCUT2D eigenvalue weighted by Gasteiger charge is 2.36. The zero-order valence-electron chi connectivity index (χ0n) is 21.1. The van der Waals surface area contributed by atoms with E-state index < -0.39 is 0 Å². The van der Waals surface area contributed by atoms with Gasteiger partial charge in [0.05, 0.1) is 31.1 Å². The molecule has 8 heteroatoms. The number of likely N-dealkylation sites (N-methyl/N-ethyl adjacent to an activating group) is 1. The van der Waals surface area contributed by atoms with Crippen LogP contribution < -0.4 is 10.1 Å². The molecular formula is C29H29ClN4O2S. The molecule has 2 amide bonds. The second kappa shape index (κ2) is 9.56. The number of benzene rings is 2. The van der Waals surface area contributed by atoms with Crippen molar-refractivity contribution in [3.8, 4) is 10.8 Å². The number of hydrogen-bond donors (Lipinski definition) is 1. The maximum absolute atomic E-state index is 14.2. The molecule has 6 nitrogen and oxygen atoms in total. The fourth-order valence-electron chi connectivity index (χ4n) is 5.49. The van der Waals surface area contributed by atoms with Crippen LogP contribution >= 0.6 is 22.9 Å². The molecule has 1 atom stereocenters. The Morgan fingerprint density at radius 1 is 1.11 bits per heavy atom. The van der Waals surface area contributed by atoms with Gasteiger partial charge in [-0.2, -0.15) is 0 Å². The Hall–Kier alpha value is -3.26. The Kier molecular flexibility index (Phi) is 6.23. The van der Waals surface area contributed by atoms with Gasteiger partial charge in [-0.15, -0.1) is 11.3 Å². The van der Waals surface area contributed by atoms with E-state index in [2.05, 4.69) is 40.2 Å². The van der Waals surface area contributed by atoms with Gasteiger partial charge in [0, 0.05) is 34.7 Å². The fourth-order valence-corrected chi connectivity index (χ4v) is 7.13. The summed E-state index contributed by atoms with van der Waals surface area (Å²) in [5.74, 6) is 0.632. The Morgan fingerprint density at radius 3 is 2.78 bits per heavy atom. The zero-order chi connectivity index (χ0) is 25.7. The number of methoxy groups -OCH3 is 1. The van der Waals surface area contributed by atoms with E-state index in [1.165, 1.54) is 21.0 Å². The number of aromatic nitrogens is 1. The second-order valence-electron chi connectivity index (χ2n) is 9.80. The number of nitrogens with zero attached hydrogens (tertiary/aromatic N) is 3. The average Bonchev–Trinajstić information content (AvgIpc) is 3.45. The average molecular weight is 533 g/mol. The molecule has 0 saturated carbocycles. The summed E-state index contributed by atoms with van der Waals surface area (Å²) in [7, 11) is 3.79. The van der Waals surface area contributed by atoms with Gasteiger partial charge >= 0.3 is 6.03 Å². The standard InChI is InChI=1S/C29H29ClN4O2S/c1-18-9-10-25(36-3)23(14-18)31-29(35)34-16-22-21-11-13-32(2)17-26(21)37-28(22)33-12-5-8-24(33)27(34)19-6-4-7-20(30)15-19/h4-10,12,14-15,27H,11,13,16-17H2,1-3H3,(H,31,35). The summed E-state index contributed by atoms with van der Waals surface area (Å²) in [5.41, 5.74) is 6.34. The molecule has 0 aliphatic carbocycles. The molecule has 1 unspecified atom stereocenters. The Labute approximate surface area is 226 Å². The van der Waals surface area contributed by atoms with Crippen molar-refractivity contribution in [3.05, 3.63) is 98.6 Å². The maximum Gasteiger partial charge on any atom is 0.323 e. The lowest BCUT2D eigenvalue weighted by Gasteiger charge is -2.32.